The highest BCUT2D eigenvalue weighted by Crippen LogP contribution is 2.31. The summed E-state index contributed by atoms with van der Waals surface area (Å²) in [6.45, 7) is 2.70. The maximum Gasteiger partial charge on any atom is 0.317 e. The van der Waals surface area contributed by atoms with Crippen molar-refractivity contribution in [1.29, 1.82) is 0 Å². The first kappa shape index (κ1) is 16.6. The van der Waals surface area contributed by atoms with Crippen LogP contribution in [0.4, 0.5) is 4.79 Å². The van der Waals surface area contributed by atoms with Crippen LogP contribution < -0.4 is 5.32 Å². The van der Waals surface area contributed by atoms with Gasteiger partial charge in [-0.3, -0.25) is 9.59 Å². The molecule has 1 atom stereocenters. The van der Waals surface area contributed by atoms with Crippen molar-refractivity contribution in [2.45, 2.75) is 45.1 Å². The number of rotatable bonds is 3. The minimum atomic E-state index is -0.752. The third-order valence-electron chi connectivity index (χ3n) is 4.84. The van der Waals surface area contributed by atoms with Gasteiger partial charge in [0.15, 0.2) is 0 Å². The van der Waals surface area contributed by atoms with Gasteiger partial charge in [-0.2, -0.15) is 0 Å². The van der Waals surface area contributed by atoms with Crippen LogP contribution in [-0.4, -0.2) is 54.2 Å². The largest absolute Gasteiger partial charge is 0.481 e. The van der Waals surface area contributed by atoms with Crippen LogP contribution in [-0.2, 0) is 14.3 Å². The van der Waals surface area contributed by atoms with Crippen LogP contribution in [0.3, 0.4) is 0 Å². The number of carboxylic acids is 1. The van der Waals surface area contributed by atoms with E-state index in [-0.39, 0.29) is 24.0 Å². The molecule has 0 radical (unpaired) electrons. The summed E-state index contributed by atoms with van der Waals surface area (Å²) in [4.78, 5) is 36.6. The Morgan fingerprint density at radius 2 is 1.86 bits per heavy atom. The first-order chi connectivity index (χ1) is 10.4. The fraction of sp³-hybridized carbons (Fsp3) is 0.800. The molecule has 0 spiro atoms. The molecule has 2 amide bonds. The van der Waals surface area contributed by atoms with Gasteiger partial charge in [0, 0.05) is 19.1 Å². The van der Waals surface area contributed by atoms with Crippen molar-refractivity contribution in [2.75, 3.05) is 20.2 Å². The van der Waals surface area contributed by atoms with E-state index in [9.17, 15) is 14.4 Å². The zero-order chi connectivity index (χ0) is 16.3. The second kappa shape index (κ2) is 6.54. The zero-order valence-electron chi connectivity index (χ0n) is 13.1. The lowest BCUT2D eigenvalue weighted by atomic mass is 9.86. The van der Waals surface area contributed by atoms with Crippen LogP contribution in [0.15, 0.2) is 0 Å². The van der Waals surface area contributed by atoms with Gasteiger partial charge >= 0.3 is 18.0 Å². The molecule has 0 aromatic rings. The number of nitrogens with zero attached hydrogens (tertiary/aromatic N) is 1. The highest BCUT2D eigenvalue weighted by molar-refractivity contribution is 5.80. The maximum absolute atomic E-state index is 12.3. The number of esters is 1. The van der Waals surface area contributed by atoms with Crippen molar-refractivity contribution >= 4 is 18.0 Å². The van der Waals surface area contributed by atoms with E-state index in [1.54, 1.807) is 4.90 Å². The van der Waals surface area contributed by atoms with Crippen molar-refractivity contribution in [3.63, 3.8) is 0 Å². The molecule has 2 aliphatic rings. The fourth-order valence-corrected chi connectivity index (χ4v) is 3.30. The summed E-state index contributed by atoms with van der Waals surface area (Å²) in [6.07, 6.45) is 3.16. The van der Waals surface area contributed by atoms with E-state index in [1.165, 1.54) is 7.11 Å². The van der Waals surface area contributed by atoms with E-state index < -0.39 is 11.4 Å². The number of carbonyl (C=O) groups excluding carboxylic acids is 2. The molecule has 22 heavy (non-hydrogen) atoms. The topological polar surface area (TPSA) is 95.9 Å². The summed E-state index contributed by atoms with van der Waals surface area (Å²) in [6, 6.07) is -0.153. The van der Waals surface area contributed by atoms with Gasteiger partial charge in [0.05, 0.1) is 18.4 Å². The first-order valence-electron chi connectivity index (χ1n) is 7.72. The molecule has 1 saturated carbocycles. The third-order valence-corrected chi connectivity index (χ3v) is 4.84. The Kier molecular flexibility index (Phi) is 4.93. The summed E-state index contributed by atoms with van der Waals surface area (Å²) in [7, 11) is 1.36. The molecule has 2 N–H and O–H groups in total. The van der Waals surface area contributed by atoms with Gasteiger partial charge in [0.2, 0.25) is 0 Å². The molecule has 2 fully saturated rings. The standard InChI is InChI=1S/C15H24N2O5/c1-15(13(20)22-2)7-8-17(9-15)14(21)16-11-5-3-10(4-6-11)12(18)19/h10-11H,3-9H2,1-2H3,(H,16,21)(H,18,19). The van der Waals surface area contributed by atoms with Crippen molar-refractivity contribution in [2.24, 2.45) is 11.3 Å². The molecular weight excluding hydrogens is 288 g/mol. The predicted molar refractivity (Wildman–Crippen MR) is 78.2 cm³/mol. The summed E-state index contributed by atoms with van der Waals surface area (Å²) < 4.78 is 4.80. The van der Waals surface area contributed by atoms with Crippen LogP contribution in [0.1, 0.15) is 39.0 Å². The highest BCUT2D eigenvalue weighted by atomic mass is 16.5. The molecule has 1 aliphatic carbocycles. The molecule has 7 nitrogen and oxygen atoms in total. The molecule has 1 aliphatic heterocycles. The first-order valence-corrected chi connectivity index (χ1v) is 7.72. The molecular formula is C15H24N2O5. The molecule has 0 aromatic carbocycles. The van der Waals surface area contributed by atoms with Crippen LogP contribution >= 0.6 is 0 Å². The Bertz CT molecular complexity index is 459. The van der Waals surface area contributed by atoms with E-state index >= 15 is 0 Å². The van der Waals surface area contributed by atoms with Gasteiger partial charge in [0.25, 0.3) is 0 Å². The second-order valence-corrected chi connectivity index (χ2v) is 6.56. The predicted octanol–water partition coefficient (Wildman–Crippen LogP) is 1.22. The average molecular weight is 312 g/mol. The fourth-order valence-electron chi connectivity index (χ4n) is 3.30. The summed E-state index contributed by atoms with van der Waals surface area (Å²) in [5.74, 6) is -1.33. The van der Waals surface area contributed by atoms with Gasteiger partial charge < -0.3 is 20.1 Å². The van der Waals surface area contributed by atoms with Gasteiger partial charge in [0.1, 0.15) is 0 Å². The summed E-state index contributed by atoms with van der Waals surface area (Å²) in [5.41, 5.74) is -0.632. The van der Waals surface area contributed by atoms with E-state index in [4.69, 9.17) is 9.84 Å². The molecule has 124 valence electrons. The summed E-state index contributed by atoms with van der Waals surface area (Å²) >= 11 is 0. The average Bonchev–Trinajstić information content (AvgIpc) is 2.91. The van der Waals surface area contributed by atoms with Gasteiger partial charge in [-0.1, -0.05) is 0 Å². The number of likely N-dealkylation sites (tertiary alicyclic amines) is 1. The van der Waals surface area contributed by atoms with Crippen molar-refractivity contribution in [1.82, 2.24) is 10.2 Å². The number of urea groups is 1. The van der Waals surface area contributed by atoms with Gasteiger partial charge in [-0.15, -0.1) is 0 Å². The van der Waals surface area contributed by atoms with Gasteiger partial charge in [-0.05, 0) is 39.0 Å². The lowest BCUT2D eigenvalue weighted by molar-refractivity contribution is -0.150. The number of carbonyl (C=O) groups is 3. The minimum absolute atomic E-state index is 0.0214. The Balaban J connectivity index is 1.82. The lowest BCUT2D eigenvalue weighted by Crippen LogP contribution is -2.46. The molecule has 1 heterocycles. The number of hydrogen-bond donors (Lipinski definition) is 2. The highest BCUT2D eigenvalue weighted by Gasteiger charge is 2.43. The number of hydrogen-bond acceptors (Lipinski definition) is 4. The van der Waals surface area contributed by atoms with E-state index in [1.807, 2.05) is 6.92 Å². The lowest BCUT2D eigenvalue weighted by Gasteiger charge is -2.29. The summed E-state index contributed by atoms with van der Waals surface area (Å²) in [5, 5.41) is 11.9. The third kappa shape index (κ3) is 3.51. The normalized spacial score (nSPS) is 31.6. The van der Waals surface area contributed by atoms with Crippen LogP contribution in [0.2, 0.25) is 0 Å². The van der Waals surface area contributed by atoms with Crippen molar-refractivity contribution < 1.29 is 24.2 Å². The Labute approximate surface area is 130 Å². The van der Waals surface area contributed by atoms with E-state index in [0.29, 0.717) is 45.2 Å². The van der Waals surface area contributed by atoms with Crippen LogP contribution in [0, 0.1) is 11.3 Å². The molecule has 1 saturated heterocycles. The molecule has 2 rings (SSSR count). The SMILES string of the molecule is COC(=O)C1(C)CCN(C(=O)NC2CCC(C(=O)O)CC2)C1. The van der Waals surface area contributed by atoms with Crippen LogP contribution in [0.25, 0.3) is 0 Å². The molecule has 0 bridgehead atoms. The quantitative estimate of drug-likeness (QED) is 0.764. The molecule has 1 unspecified atom stereocenters. The van der Waals surface area contributed by atoms with Crippen molar-refractivity contribution in [3.8, 4) is 0 Å². The number of methoxy groups -OCH3 is 1. The Morgan fingerprint density at radius 3 is 2.41 bits per heavy atom. The number of aliphatic carboxylic acids is 1. The minimum Gasteiger partial charge on any atom is -0.481 e. The Hall–Kier alpha value is -1.79. The van der Waals surface area contributed by atoms with E-state index in [0.717, 1.165) is 0 Å². The molecule has 7 heteroatoms. The van der Waals surface area contributed by atoms with Crippen LogP contribution in [0.5, 0.6) is 0 Å². The maximum atomic E-state index is 12.3. The smallest absolute Gasteiger partial charge is 0.317 e. The second-order valence-electron chi connectivity index (χ2n) is 6.56. The zero-order valence-corrected chi connectivity index (χ0v) is 13.1. The monoisotopic (exact) mass is 312 g/mol. The number of ether oxygens (including phenoxy) is 1. The number of carboxylic acid groups (broad SMARTS) is 1. The van der Waals surface area contributed by atoms with Gasteiger partial charge in [-0.25, -0.2) is 4.79 Å². The van der Waals surface area contributed by atoms with E-state index in [2.05, 4.69) is 5.32 Å². The number of amides is 2. The molecule has 0 aromatic heterocycles. The number of nitrogens with one attached hydrogen (secondary N) is 1. The Morgan fingerprint density at radius 1 is 1.23 bits per heavy atom. The van der Waals surface area contributed by atoms with Crippen molar-refractivity contribution in [3.05, 3.63) is 0 Å².